The lowest BCUT2D eigenvalue weighted by molar-refractivity contribution is -0.126. The minimum atomic E-state index is -4.07. The summed E-state index contributed by atoms with van der Waals surface area (Å²) in [5, 5.41) is 2.64. The Morgan fingerprint density at radius 2 is 1.88 bits per heavy atom. The first-order chi connectivity index (χ1) is 7.51. The van der Waals surface area contributed by atoms with E-state index in [0.29, 0.717) is 0 Å². The molecule has 2 unspecified atom stereocenters. The van der Waals surface area contributed by atoms with Gasteiger partial charge in [0, 0.05) is 6.04 Å². The number of halogens is 3. The second-order valence-electron chi connectivity index (χ2n) is 4.86. The van der Waals surface area contributed by atoms with Crippen molar-refractivity contribution in [2.45, 2.75) is 64.1 Å². The van der Waals surface area contributed by atoms with E-state index in [9.17, 15) is 13.2 Å². The van der Waals surface area contributed by atoms with Gasteiger partial charge in [-0.05, 0) is 25.2 Å². The van der Waals surface area contributed by atoms with E-state index in [1.165, 1.54) is 19.3 Å². The molecule has 0 saturated heterocycles. The Labute approximate surface area is 95.8 Å². The minimum Gasteiger partial charge on any atom is -0.306 e. The molecule has 2 atom stereocenters. The van der Waals surface area contributed by atoms with E-state index in [4.69, 9.17) is 0 Å². The molecule has 16 heavy (non-hydrogen) atoms. The molecule has 0 aliphatic heterocycles. The lowest BCUT2D eigenvalue weighted by atomic mass is 9.95. The molecule has 4 heteroatoms. The molecule has 0 aromatic heterocycles. The predicted molar refractivity (Wildman–Crippen MR) is 59.3 cm³/mol. The molecule has 1 nitrogen and oxygen atoms in total. The third-order valence-electron chi connectivity index (χ3n) is 3.38. The van der Waals surface area contributed by atoms with Crippen molar-refractivity contribution >= 4 is 0 Å². The largest absolute Gasteiger partial charge is 0.401 e. The second kappa shape index (κ2) is 6.48. The summed E-state index contributed by atoms with van der Waals surface area (Å²) < 4.78 is 36.1. The molecule has 0 aromatic carbocycles. The molecule has 1 saturated carbocycles. The maximum atomic E-state index is 12.0. The molecule has 1 N–H and O–H groups in total. The maximum Gasteiger partial charge on any atom is 0.401 e. The minimum absolute atomic E-state index is 0.0727. The maximum absolute atomic E-state index is 12.0. The molecule has 1 aliphatic carbocycles. The van der Waals surface area contributed by atoms with Crippen molar-refractivity contribution in [2.75, 3.05) is 6.54 Å². The van der Waals surface area contributed by atoms with Gasteiger partial charge in [-0.15, -0.1) is 0 Å². The number of hydrogen-bond donors (Lipinski definition) is 1. The van der Waals surface area contributed by atoms with Crippen molar-refractivity contribution in [3.63, 3.8) is 0 Å². The van der Waals surface area contributed by atoms with Crippen molar-refractivity contribution in [1.29, 1.82) is 0 Å². The van der Waals surface area contributed by atoms with Crippen LogP contribution in [0, 0.1) is 5.92 Å². The molecule has 1 aliphatic rings. The Bertz CT molecular complexity index is 191. The fraction of sp³-hybridized carbons (Fsp3) is 1.00. The molecule has 0 aromatic rings. The van der Waals surface area contributed by atoms with Crippen molar-refractivity contribution in [1.82, 2.24) is 5.32 Å². The van der Waals surface area contributed by atoms with Crippen LogP contribution in [-0.2, 0) is 0 Å². The average molecular weight is 237 g/mol. The van der Waals surface area contributed by atoms with E-state index in [1.807, 2.05) is 0 Å². The summed E-state index contributed by atoms with van der Waals surface area (Å²) in [5.74, 6) is 0.739. The lowest BCUT2D eigenvalue weighted by Crippen LogP contribution is -2.36. The van der Waals surface area contributed by atoms with Crippen molar-refractivity contribution in [2.24, 2.45) is 5.92 Å². The first-order valence-electron chi connectivity index (χ1n) is 6.31. The molecule has 1 rings (SSSR count). The van der Waals surface area contributed by atoms with Crippen molar-refractivity contribution < 1.29 is 13.2 Å². The quantitative estimate of drug-likeness (QED) is 0.731. The molecule has 0 bridgehead atoms. The van der Waals surface area contributed by atoms with Crippen LogP contribution in [0.5, 0.6) is 0 Å². The van der Waals surface area contributed by atoms with Crippen LogP contribution in [-0.4, -0.2) is 18.8 Å². The highest BCUT2D eigenvalue weighted by Crippen LogP contribution is 2.27. The van der Waals surface area contributed by atoms with Gasteiger partial charge in [-0.2, -0.15) is 13.2 Å². The SMILES string of the molecule is CCCC1CCCC(NCC(F)(F)F)CC1. The highest BCUT2D eigenvalue weighted by atomic mass is 19.4. The Kier molecular flexibility index (Phi) is 5.59. The number of nitrogens with one attached hydrogen (secondary N) is 1. The summed E-state index contributed by atoms with van der Waals surface area (Å²) in [7, 11) is 0. The third-order valence-corrected chi connectivity index (χ3v) is 3.38. The molecule has 0 spiro atoms. The second-order valence-corrected chi connectivity index (χ2v) is 4.86. The molecule has 96 valence electrons. The molecule has 1 fully saturated rings. The van der Waals surface area contributed by atoms with Gasteiger partial charge in [-0.1, -0.05) is 32.6 Å². The number of alkyl halides is 3. The molecule has 0 amide bonds. The first-order valence-corrected chi connectivity index (χ1v) is 6.31. The summed E-state index contributed by atoms with van der Waals surface area (Å²) in [6, 6.07) is 0.0727. The van der Waals surface area contributed by atoms with Gasteiger partial charge < -0.3 is 5.32 Å². The summed E-state index contributed by atoms with van der Waals surface area (Å²) in [5.41, 5.74) is 0. The van der Waals surface area contributed by atoms with E-state index in [2.05, 4.69) is 12.2 Å². The van der Waals surface area contributed by atoms with Gasteiger partial charge in [-0.3, -0.25) is 0 Å². The first kappa shape index (κ1) is 13.8. The smallest absolute Gasteiger partial charge is 0.306 e. The summed E-state index contributed by atoms with van der Waals surface area (Å²) in [6.07, 6.45) is 3.49. The normalized spacial score (nSPS) is 27.8. The zero-order valence-electron chi connectivity index (χ0n) is 9.95. The molecule has 0 heterocycles. The van der Waals surface area contributed by atoms with E-state index in [-0.39, 0.29) is 6.04 Å². The third kappa shape index (κ3) is 5.73. The van der Waals surface area contributed by atoms with Gasteiger partial charge in [0.1, 0.15) is 0 Å². The average Bonchev–Trinajstić information content (AvgIpc) is 2.40. The van der Waals surface area contributed by atoms with Crippen LogP contribution in [0.2, 0.25) is 0 Å². The molecular weight excluding hydrogens is 215 g/mol. The summed E-state index contributed by atoms with van der Waals surface area (Å²) in [6.45, 7) is 1.33. The van der Waals surface area contributed by atoms with Gasteiger partial charge in [0.05, 0.1) is 6.54 Å². The van der Waals surface area contributed by atoms with Crippen LogP contribution in [0.3, 0.4) is 0 Å². The number of rotatable bonds is 4. The fourth-order valence-electron chi connectivity index (χ4n) is 2.54. The Balaban J connectivity index is 2.25. The van der Waals surface area contributed by atoms with Crippen LogP contribution in [0.1, 0.15) is 51.9 Å². The van der Waals surface area contributed by atoms with Gasteiger partial charge in [0.2, 0.25) is 0 Å². The highest BCUT2D eigenvalue weighted by Gasteiger charge is 2.28. The van der Waals surface area contributed by atoms with Crippen LogP contribution in [0.4, 0.5) is 13.2 Å². The molecule has 0 radical (unpaired) electrons. The predicted octanol–water partition coefficient (Wildman–Crippen LogP) is 3.89. The topological polar surface area (TPSA) is 12.0 Å². The van der Waals surface area contributed by atoms with E-state index < -0.39 is 12.7 Å². The Morgan fingerprint density at radius 1 is 1.12 bits per heavy atom. The summed E-state index contributed by atoms with van der Waals surface area (Å²) in [4.78, 5) is 0. The van der Waals surface area contributed by atoms with E-state index in [0.717, 1.165) is 31.6 Å². The van der Waals surface area contributed by atoms with E-state index in [1.54, 1.807) is 0 Å². The number of hydrogen-bond acceptors (Lipinski definition) is 1. The van der Waals surface area contributed by atoms with Crippen molar-refractivity contribution in [3.8, 4) is 0 Å². The highest BCUT2D eigenvalue weighted by molar-refractivity contribution is 4.75. The van der Waals surface area contributed by atoms with E-state index >= 15 is 0 Å². The van der Waals surface area contributed by atoms with Gasteiger partial charge in [0.25, 0.3) is 0 Å². The fourth-order valence-corrected chi connectivity index (χ4v) is 2.54. The zero-order chi connectivity index (χ0) is 12.0. The Morgan fingerprint density at radius 3 is 2.50 bits per heavy atom. The van der Waals surface area contributed by atoms with Gasteiger partial charge >= 0.3 is 6.18 Å². The molecular formula is C12H22F3N. The van der Waals surface area contributed by atoms with Crippen LogP contribution in [0.15, 0.2) is 0 Å². The van der Waals surface area contributed by atoms with Gasteiger partial charge in [0.15, 0.2) is 0 Å². The van der Waals surface area contributed by atoms with Crippen LogP contribution in [0.25, 0.3) is 0 Å². The van der Waals surface area contributed by atoms with Crippen molar-refractivity contribution in [3.05, 3.63) is 0 Å². The monoisotopic (exact) mass is 237 g/mol. The van der Waals surface area contributed by atoms with Gasteiger partial charge in [-0.25, -0.2) is 0 Å². The lowest BCUT2D eigenvalue weighted by Gasteiger charge is -2.17. The summed E-state index contributed by atoms with van der Waals surface area (Å²) >= 11 is 0. The van der Waals surface area contributed by atoms with Crippen LogP contribution >= 0.6 is 0 Å². The Hall–Kier alpha value is -0.250. The van der Waals surface area contributed by atoms with Crippen LogP contribution < -0.4 is 5.32 Å². The zero-order valence-corrected chi connectivity index (χ0v) is 9.95. The standard InChI is InChI=1S/C12H22F3N/c1-2-4-10-5-3-6-11(8-7-10)16-9-12(13,14)15/h10-11,16H,2-9H2,1H3.